The van der Waals surface area contributed by atoms with Crippen LogP contribution in [0, 0.1) is 6.92 Å². The van der Waals surface area contributed by atoms with Crippen LogP contribution in [-0.4, -0.2) is 62.0 Å². The van der Waals surface area contributed by atoms with Crippen molar-refractivity contribution >= 4 is 5.91 Å². The van der Waals surface area contributed by atoms with Crippen LogP contribution in [0.15, 0.2) is 24.3 Å². The number of nitrogens with zero attached hydrogens (tertiary/aromatic N) is 2. The highest BCUT2D eigenvalue weighted by Gasteiger charge is 2.12. The second kappa shape index (κ2) is 8.15. The molecule has 1 aliphatic heterocycles. The van der Waals surface area contributed by atoms with E-state index in [0.29, 0.717) is 0 Å². The summed E-state index contributed by atoms with van der Waals surface area (Å²) in [6.45, 7) is 8.57. The first-order valence-corrected chi connectivity index (χ1v) is 7.91. The summed E-state index contributed by atoms with van der Waals surface area (Å²) in [5.74, 6) is 0.0488. The summed E-state index contributed by atoms with van der Waals surface area (Å²) in [7, 11) is 2.18. The van der Waals surface area contributed by atoms with Crippen LogP contribution in [0.25, 0.3) is 0 Å². The molecule has 1 N–H and O–H groups in total. The summed E-state index contributed by atoms with van der Waals surface area (Å²) in [5, 5.41) is 3.02. The standard InChI is InChI=1S/C17H27N3O/c1-15-7-3-4-8-16(15)17(21)18-9-5-6-10-20-13-11-19(2)12-14-20/h3-4,7-8H,5-6,9-14H2,1-2H3,(H,18,21). The highest BCUT2D eigenvalue weighted by molar-refractivity contribution is 5.95. The molecule has 116 valence electrons. The van der Waals surface area contributed by atoms with Gasteiger partial charge >= 0.3 is 0 Å². The molecule has 0 saturated carbocycles. The lowest BCUT2D eigenvalue weighted by Crippen LogP contribution is -2.44. The number of benzene rings is 1. The molecule has 0 spiro atoms. The van der Waals surface area contributed by atoms with Gasteiger partial charge in [-0.3, -0.25) is 4.79 Å². The van der Waals surface area contributed by atoms with Gasteiger partial charge in [0.1, 0.15) is 0 Å². The number of carbonyl (C=O) groups is 1. The molecular weight excluding hydrogens is 262 g/mol. The fourth-order valence-electron chi connectivity index (χ4n) is 2.66. The topological polar surface area (TPSA) is 35.6 Å². The van der Waals surface area contributed by atoms with Gasteiger partial charge < -0.3 is 15.1 Å². The Morgan fingerprint density at radius 1 is 1.14 bits per heavy atom. The smallest absolute Gasteiger partial charge is 0.251 e. The van der Waals surface area contributed by atoms with Gasteiger partial charge in [0.05, 0.1) is 0 Å². The average Bonchev–Trinajstić information content (AvgIpc) is 2.49. The summed E-state index contributed by atoms with van der Waals surface area (Å²) in [4.78, 5) is 16.9. The minimum absolute atomic E-state index is 0.0488. The van der Waals surface area contributed by atoms with Gasteiger partial charge in [0.2, 0.25) is 0 Å². The largest absolute Gasteiger partial charge is 0.352 e. The molecule has 0 atom stereocenters. The molecule has 21 heavy (non-hydrogen) atoms. The van der Waals surface area contributed by atoms with Gasteiger partial charge in [0.15, 0.2) is 0 Å². The minimum Gasteiger partial charge on any atom is -0.352 e. The molecule has 1 aromatic rings. The lowest BCUT2D eigenvalue weighted by atomic mass is 10.1. The Morgan fingerprint density at radius 3 is 2.57 bits per heavy atom. The zero-order valence-corrected chi connectivity index (χ0v) is 13.3. The molecule has 0 unspecified atom stereocenters. The lowest BCUT2D eigenvalue weighted by molar-refractivity contribution is 0.0951. The molecule has 2 rings (SSSR count). The van der Waals surface area contributed by atoms with E-state index in [-0.39, 0.29) is 5.91 Å². The van der Waals surface area contributed by atoms with Crippen LogP contribution in [0.1, 0.15) is 28.8 Å². The minimum atomic E-state index is 0.0488. The predicted molar refractivity (Wildman–Crippen MR) is 86.7 cm³/mol. The van der Waals surface area contributed by atoms with E-state index < -0.39 is 0 Å². The van der Waals surface area contributed by atoms with E-state index in [9.17, 15) is 4.79 Å². The summed E-state index contributed by atoms with van der Waals surface area (Å²) >= 11 is 0. The van der Waals surface area contributed by atoms with Crippen molar-refractivity contribution in [2.45, 2.75) is 19.8 Å². The van der Waals surface area contributed by atoms with E-state index in [1.165, 1.54) is 26.2 Å². The van der Waals surface area contributed by atoms with E-state index in [1.807, 2.05) is 31.2 Å². The normalized spacial score (nSPS) is 16.9. The second-order valence-electron chi connectivity index (χ2n) is 5.92. The van der Waals surface area contributed by atoms with E-state index >= 15 is 0 Å². The van der Waals surface area contributed by atoms with Gasteiger partial charge in [-0.25, -0.2) is 0 Å². The molecule has 1 amide bonds. The second-order valence-corrected chi connectivity index (χ2v) is 5.92. The zero-order chi connectivity index (χ0) is 15.1. The summed E-state index contributed by atoms with van der Waals surface area (Å²) in [6.07, 6.45) is 2.20. The molecule has 4 heteroatoms. The van der Waals surface area contributed by atoms with Crippen molar-refractivity contribution < 1.29 is 4.79 Å². The van der Waals surface area contributed by atoms with Crippen molar-refractivity contribution in [3.05, 3.63) is 35.4 Å². The van der Waals surface area contributed by atoms with E-state index in [1.54, 1.807) is 0 Å². The van der Waals surface area contributed by atoms with E-state index in [2.05, 4.69) is 22.2 Å². The van der Waals surface area contributed by atoms with Crippen molar-refractivity contribution in [2.75, 3.05) is 46.3 Å². The molecule has 1 aromatic carbocycles. The van der Waals surface area contributed by atoms with Crippen LogP contribution in [0.3, 0.4) is 0 Å². The van der Waals surface area contributed by atoms with Crippen LogP contribution < -0.4 is 5.32 Å². The Hall–Kier alpha value is -1.39. The summed E-state index contributed by atoms with van der Waals surface area (Å²) < 4.78 is 0. The average molecular weight is 289 g/mol. The number of nitrogens with one attached hydrogen (secondary N) is 1. The first-order valence-electron chi connectivity index (χ1n) is 7.91. The molecule has 1 saturated heterocycles. The van der Waals surface area contributed by atoms with Crippen molar-refractivity contribution in [2.24, 2.45) is 0 Å². The van der Waals surface area contributed by atoms with Crippen molar-refractivity contribution in [1.29, 1.82) is 0 Å². The maximum absolute atomic E-state index is 12.0. The fourth-order valence-corrected chi connectivity index (χ4v) is 2.66. The van der Waals surface area contributed by atoms with Crippen LogP contribution >= 0.6 is 0 Å². The number of hydrogen-bond donors (Lipinski definition) is 1. The van der Waals surface area contributed by atoms with Gasteiger partial charge in [0, 0.05) is 38.3 Å². The van der Waals surface area contributed by atoms with Crippen molar-refractivity contribution in [1.82, 2.24) is 15.1 Å². The van der Waals surface area contributed by atoms with E-state index in [0.717, 1.165) is 37.1 Å². The number of aryl methyl sites for hydroxylation is 1. The van der Waals surface area contributed by atoms with Crippen molar-refractivity contribution in [3.8, 4) is 0 Å². The number of piperazine rings is 1. The van der Waals surface area contributed by atoms with Gasteiger partial charge in [-0.1, -0.05) is 18.2 Å². The molecule has 1 aliphatic rings. The number of amides is 1. The molecular formula is C17H27N3O. The Balaban J connectivity index is 1.60. The third-order valence-electron chi connectivity index (χ3n) is 4.17. The predicted octanol–water partition coefficient (Wildman–Crippen LogP) is 1.75. The lowest BCUT2D eigenvalue weighted by Gasteiger charge is -2.32. The quantitative estimate of drug-likeness (QED) is 0.811. The molecule has 0 aliphatic carbocycles. The first-order chi connectivity index (χ1) is 10.2. The molecule has 1 fully saturated rings. The van der Waals surface area contributed by atoms with Crippen LogP contribution in [0.4, 0.5) is 0 Å². The maximum Gasteiger partial charge on any atom is 0.251 e. The summed E-state index contributed by atoms with van der Waals surface area (Å²) in [5.41, 5.74) is 1.82. The van der Waals surface area contributed by atoms with Crippen molar-refractivity contribution in [3.63, 3.8) is 0 Å². The molecule has 4 nitrogen and oxygen atoms in total. The fraction of sp³-hybridized carbons (Fsp3) is 0.588. The monoisotopic (exact) mass is 289 g/mol. The number of unbranched alkanes of at least 4 members (excludes halogenated alkanes) is 1. The third-order valence-corrected chi connectivity index (χ3v) is 4.17. The SMILES string of the molecule is Cc1ccccc1C(=O)NCCCCN1CCN(C)CC1. The number of likely N-dealkylation sites (N-methyl/N-ethyl adjacent to an activating group) is 1. The van der Waals surface area contributed by atoms with Crippen LogP contribution in [-0.2, 0) is 0 Å². The number of hydrogen-bond acceptors (Lipinski definition) is 3. The third kappa shape index (κ3) is 5.14. The first kappa shape index (κ1) is 16.0. The maximum atomic E-state index is 12.0. The number of carbonyl (C=O) groups excluding carboxylic acids is 1. The number of rotatable bonds is 6. The molecule has 0 aromatic heterocycles. The van der Waals surface area contributed by atoms with Crippen LogP contribution in [0.2, 0.25) is 0 Å². The Kier molecular flexibility index (Phi) is 6.21. The molecule has 1 heterocycles. The Bertz CT molecular complexity index is 453. The molecule has 0 bridgehead atoms. The van der Waals surface area contributed by atoms with Gasteiger partial charge in [-0.05, 0) is 45.0 Å². The van der Waals surface area contributed by atoms with Gasteiger partial charge in [-0.2, -0.15) is 0 Å². The highest BCUT2D eigenvalue weighted by Crippen LogP contribution is 2.06. The van der Waals surface area contributed by atoms with Gasteiger partial charge in [-0.15, -0.1) is 0 Å². The van der Waals surface area contributed by atoms with Crippen LogP contribution in [0.5, 0.6) is 0 Å². The Labute approximate surface area is 128 Å². The summed E-state index contributed by atoms with van der Waals surface area (Å²) in [6, 6.07) is 7.73. The van der Waals surface area contributed by atoms with E-state index in [4.69, 9.17) is 0 Å². The molecule has 0 radical (unpaired) electrons. The highest BCUT2D eigenvalue weighted by atomic mass is 16.1. The van der Waals surface area contributed by atoms with Gasteiger partial charge in [0.25, 0.3) is 5.91 Å². The Morgan fingerprint density at radius 2 is 1.86 bits per heavy atom. The zero-order valence-electron chi connectivity index (χ0n) is 13.3.